The van der Waals surface area contributed by atoms with Crippen LogP contribution < -0.4 is 4.74 Å². The molecule has 0 radical (unpaired) electrons. The smallest absolute Gasteiger partial charge is 0.216 e. The molecule has 140 valence electrons. The minimum atomic E-state index is 0.578. The average Bonchev–Trinajstić information content (AvgIpc) is 2.94. The number of rotatable bonds is 4. The van der Waals surface area contributed by atoms with Gasteiger partial charge in [-0.2, -0.15) is 5.10 Å². The fourth-order valence-corrected chi connectivity index (χ4v) is 4.42. The molecule has 0 unspecified atom stereocenters. The second kappa shape index (κ2) is 7.35. The largest absolute Gasteiger partial charge is 0.481 e. The zero-order valence-electron chi connectivity index (χ0n) is 16.2. The summed E-state index contributed by atoms with van der Waals surface area (Å²) in [5.41, 5.74) is 4.75. The molecule has 1 aliphatic carbocycles. The second-order valence-electron chi connectivity index (χ2n) is 7.69. The Morgan fingerprint density at radius 2 is 2.04 bits per heavy atom. The van der Waals surface area contributed by atoms with E-state index in [1.165, 1.54) is 48.9 Å². The number of ether oxygens (including phenoxy) is 1. The van der Waals surface area contributed by atoms with Crippen molar-refractivity contribution in [3.8, 4) is 5.88 Å². The van der Waals surface area contributed by atoms with E-state index in [1.807, 2.05) is 11.7 Å². The van der Waals surface area contributed by atoms with Crippen molar-refractivity contribution in [3.63, 3.8) is 0 Å². The topological polar surface area (TPSA) is 56.1 Å². The summed E-state index contributed by atoms with van der Waals surface area (Å²) >= 11 is 0. The number of aromatic nitrogens is 4. The third-order valence-electron chi connectivity index (χ3n) is 5.87. The minimum absolute atomic E-state index is 0.578. The summed E-state index contributed by atoms with van der Waals surface area (Å²) in [6.45, 7) is 4.82. The molecular formula is C20H29N5O. The summed E-state index contributed by atoms with van der Waals surface area (Å²) in [7, 11) is 3.65. The van der Waals surface area contributed by atoms with E-state index in [4.69, 9.17) is 14.7 Å². The van der Waals surface area contributed by atoms with Crippen molar-refractivity contribution in [1.82, 2.24) is 24.6 Å². The van der Waals surface area contributed by atoms with Crippen LogP contribution in [0.4, 0.5) is 0 Å². The van der Waals surface area contributed by atoms with Crippen molar-refractivity contribution in [3.05, 3.63) is 34.5 Å². The number of hydrogen-bond donors (Lipinski definition) is 0. The lowest BCUT2D eigenvalue weighted by Gasteiger charge is -2.29. The molecule has 1 aliphatic heterocycles. The molecule has 0 amide bonds. The molecule has 26 heavy (non-hydrogen) atoms. The quantitative estimate of drug-likeness (QED) is 0.843. The predicted molar refractivity (Wildman–Crippen MR) is 100 cm³/mol. The molecule has 1 fully saturated rings. The van der Waals surface area contributed by atoms with Crippen LogP contribution in [0.5, 0.6) is 5.88 Å². The maximum atomic E-state index is 5.54. The Hall–Kier alpha value is -1.95. The number of fused-ring (bicyclic) bond motifs is 1. The highest BCUT2D eigenvalue weighted by Crippen LogP contribution is 2.32. The van der Waals surface area contributed by atoms with E-state index in [0.717, 1.165) is 43.5 Å². The van der Waals surface area contributed by atoms with Gasteiger partial charge in [-0.15, -0.1) is 0 Å². The van der Waals surface area contributed by atoms with Gasteiger partial charge in [-0.1, -0.05) is 19.3 Å². The fourth-order valence-electron chi connectivity index (χ4n) is 4.42. The Labute approximate surface area is 155 Å². The van der Waals surface area contributed by atoms with Crippen molar-refractivity contribution >= 4 is 0 Å². The standard InChI is InChI=1S/C20H29N5O/c1-14-17(20(26-3)24(2)23-14)13-25-10-9-18-16(12-25)11-21-19(22-18)15-7-5-4-6-8-15/h11,15H,4-10,12-13H2,1-3H3. The van der Waals surface area contributed by atoms with Crippen LogP contribution in [0.25, 0.3) is 0 Å². The molecule has 0 spiro atoms. The van der Waals surface area contributed by atoms with E-state index in [-0.39, 0.29) is 0 Å². The van der Waals surface area contributed by atoms with Crippen LogP contribution in [-0.2, 0) is 26.6 Å². The average molecular weight is 355 g/mol. The Morgan fingerprint density at radius 1 is 1.23 bits per heavy atom. The highest BCUT2D eigenvalue weighted by Gasteiger charge is 2.24. The van der Waals surface area contributed by atoms with Crippen LogP contribution >= 0.6 is 0 Å². The van der Waals surface area contributed by atoms with Crippen LogP contribution in [0, 0.1) is 6.92 Å². The van der Waals surface area contributed by atoms with Gasteiger partial charge in [-0.05, 0) is 19.8 Å². The number of methoxy groups -OCH3 is 1. The molecule has 0 N–H and O–H groups in total. The van der Waals surface area contributed by atoms with Crippen molar-refractivity contribution in [2.24, 2.45) is 7.05 Å². The number of nitrogens with zero attached hydrogens (tertiary/aromatic N) is 5. The molecule has 6 nitrogen and oxygen atoms in total. The zero-order chi connectivity index (χ0) is 18.1. The summed E-state index contributed by atoms with van der Waals surface area (Å²) in [5, 5.41) is 4.50. The Morgan fingerprint density at radius 3 is 2.81 bits per heavy atom. The van der Waals surface area contributed by atoms with Gasteiger partial charge >= 0.3 is 0 Å². The lowest BCUT2D eigenvalue weighted by Crippen LogP contribution is -2.31. The highest BCUT2D eigenvalue weighted by atomic mass is 16.5. The molecule has 4 rings (SSSR count). The molecule has 2 aromatic heterocycles. The van der Waals surface area contributed by atoms with Crippen molar-refractivity contribution in [2.45, 2.75) is 64.5 Å². The molecule has 2 aromatic rings. The minimum Gasteiger partial charge on any atom is -0.481 e. The lowest BCUT2D eigenvalue weighted by molar-refractivity contribution is 0.237. The lowest BCUT2D eigenvalue weighted by atomic mass is 9.88. The molecule has 3 heterocycles. The summed E-state index contributed by atoms with van der Waals surface area (Å²) in [6.07, 6.45) is 9.60. The summed E-state index contributed by atoms with van der Waals surface area (Å²) in [4.78, 5) is 12.1. The molecule has 0 bridgehead atoms. The predicted octanol–water partition coefficient (Wildman–Crippen LogP) is 3.13. The van der Waals surface area contributed by atoms with Crippen LogP contribution in [-0.4, -0.2) is 38.3 Å². The molecular weight excluding hydrogens is 326 g/mol. The van der Waals surface area contributed by atoms with E-state index >= 15 is 0 Å². The molecule has 1 saturated carbocycles. The second-order valence-corrected chi connectivity index (χ2v) is 7.69. The third kappa shape index (κ3) is 3.34. The Balaban J connectivity index is 1.48. The first-order chi connectivity index (χ1) is 12.7. The van der Waals surface area contributed by atoms with E-state index in [1.54, 1.807) is 7.11 Å². The summed E-state index contributed by atoms with van der Waals surface area (Å²) in [6, 6.07) is 0. The van der Waals surface area contributed by atoms with E-state index < -0.39 is 0 Å². The van der Waals surface area contributed by atoms with E-state index in [0.29, 0.717) is 5.92 Å². The van der Waals surface area contributed by atoms with E-state index in [9.17, 15) is 0 Å². The maximum Gasteiger partial charge on any atom is 0.216 e. The van der Waals surface area contributed by atoms with Gasteiger partial charge < -0.3 is 4.74 Å². The van der Waals surface area contributed by atoms with Gasteiger partial charge in [0, 0.05) is 56.5 Å². The third-order valence-corrected chi connectivity index (χ3v) is 5.87. The molecule has 0 saturated heterocycles. The van der Waals surface area contributed by atoms with Crippen molar-refractivity contribution in [2.75, 3.05) is 13.7 Å². The number of aryl methyl sites for hydroxylation is 2. The maximum absolute atomic E-state index is 5.54. The molecule has 0 aromatic carbocycles. The molecule has 6 heteroatoms. The van der Waals surface area contributed by atoms with Crippen LogP contribution in [0.15, 0.2) is 6.20 Å². The first-order valence-corrected chi connectivity index (χ1v) is 9.79. The monoisotopic (exact) mass is 355 g/mol. The van der Waals surface area contributed by atoms with Gasteiger partial charge in [0.25, 0.3) is 0 Å². The number of hydrogen-bond acceptors (Lipinski definition) is 5. The van der Waals surface area contributed by atoms with Crippen molar-refractivity contribution in [1.29, 1.82) is 0 Å². The van der Waals surface area contributed by atoms with Gasteiger partial charge in [0.05, 0.1) is 18.4 Å². The van der Waals surface area contributed by atoms with Gasteiger partial charge in [0.2, 0.25) is 5.88 Å². The van der Waals surface area contributed by atoms with E-state index in [2.05, 4.69) is 23.1 Å². The highest BCUT2D eigenvalue weighted by molar-refractivity contribution is 5.31. The normalized spacial score (nSPS) is 18.7. The zero-order valence-corrected chi connectivity index (χ0v) is 16.2. The summed E-state index contributed by atoms with van der Waals surface area (Å²) in [5.74, 6) is 2.52. The van der Waals surface area contributed by atoms with Crippen LogP contribution in [0.3, 0.4) is 0 Å². The van der Waals surface area contributed by atoms with Gasteiger partial charge in [-0.25, -0.2) is 14.6 Å². The fraction of sp³-hybridized carbons (Fsp3) is 0.650. The van der Waals surface area contributed by atoms with Crippen LogP contribution in [0.2, 0.25) is 0 Å². The summed E-state index contributed by atoms with van der Waals surface area (Å²) < 4.78 is 7.36. The SMILES string of the molecule is COc1c(CN2CCc3nc(C4CCCCC4)ncc3C2)c(C)nn1C. The Bertz CT molecular complexity index is 779. The van der Waals surface area contributed by atoms with Gasteiger partial charge in [0.15, 0.2) is 0 Å². The Kier molecular flexibility index (Phi) is 4.94. The van der Waals surface area contributed by atoms with Gasteiger partial charge in [-0.3, -0.25) is 4.90 Å². The first kappa shape index (κ1) is 17.5. The molecule has 0 atom stereocenters. The van der Waals surface area contributed by atoms with Crippen molar-refractivity contribution < 1.29 is 4.74 Å². The molecule has 2 aliphatic rings. The van der Waals surface area contributed by atoms with Gasteiger partial charge in [0.1, 0.15) is 5.82 Å². The van der Waals surface area contributed by atoms with Crippen LogP contribution in [0.1, 0.15) is 66.4 Å². The first-order valence-electron chi connectivity index (χ1n) is 9.79.